The maximum Gasteiger partial charge on any atom is 0.151 e. The van der Waals surface area contributed by atoms with Gasteiger partial charge in [0.2, 0.25) is 0 Å². The van der Waals surface area contributed by atoms with Crippen molar-refractivity contribution in [2.45, 2.75) is 24.0 Å². The molecule has 1 N–H and O–H groups in total. The summed E-state index contributed by atoms with van der Waals surface area (Å²) < 4.78 is 43.7. The molecule has 0 radical (unpaired) electrons. The Balaban J connectivity index is 1.82. The smallest absolute Gasteiger partial charge is 0.151 e. The predicted molar refractivity (Wildman–Crippen MR) is 114 cm³/mol. The lowest BCUT2D eigenvalue weighted by Crippen LogP contribution is -2.17. The van der Waals surface area contributed by atoms with E-state index in [1.807, 2.05) is 6.07 Å². The molecule has 0 amide bonds. The van der Waals surface area contributed by atoms with Crippen LogP contribution < -0.4 is 10.1 Å². The minimum absolute atomic E-state index is 0.0662. The molecule has 8 heteroatoms. The predicted octanol–water partition coefficient (Wildman–Crippen LogP) is 4.48. The number of anilines is 1. The number of rotatable bonds is 6. The van der Waals surface area contributed by atoms with Crippen molar-refractivity contribution in [2.75, 3.05) is 25.2 Å². The molecule has 4 rings (SSSR count). The Kier molecular flexibility index (Phi) is 5.41. The number of ether oxygens (including phenoxy) is 1. The number of fused-ring (bicyclic) bond motifs is 1. The second-order valence-electron chi connectivity index (χ2n) is 8.13. The maximum absolute atomic E-state index is 14.5. The second-order valence-corrected chi connectivity index (χ2v) is 10.7. The molecule has 4 atom stereocenters. The summed E-state index contributed by atoms with van der Waals surface area (Å²) in [6.45, 7) is 0.528. The van der Waals surface area contributed by atoms with Crippen molar-refractivity contribution >= 4 is 27.1 Å². The molecule has 1 heterocycles. The largest absolute Gasteiger partial charge is 0.496 e. The monoisotopic (exact) mass is 448 g/mol. The van der Waals surface area contributed by atoms with E-state index >= 15 is 0 Å². The average Bonchev–Trinajstić information content (AvgIpc) is 3.33. The molecule has 2 aromatic carbocycles. The summed E-state index contributed by atoms with van der Waals surface area (Å²) in [4.78, 5) is 0. The van der Waals surface area contributed by atoms with Crippen molar-refractivity contribution in [3.63, 3.8) is 0 Å². The van der Waals surface area contributed by atoms with Crippen LogP contribution in [0.1, 0.15) is 34.9 Å². The van der Waals surface area contributed by atoms with Crippen molar-refractivity contribution in [2.24, 2.45) is 11.8 Å². The van der Waals surface area contributed by atoms with Crippen molar-refractivity contribution < 1.29 is 17.5 Å². The molecule has 0 saturated heterocycles. The third-order valence-electron chi connectivity index (χ3n) is 5.99. The lowest BCUT2D eigenvalue weighted by Gasteiger charge is -2.26. The Morgan fingerprint density at radius 3 is 2.77 bits per heavy atom. The molecular weight excluding hydrogens is 427 g/mol. The lowest BCUT2D eigenvalue weighted by molar-refractivity contribution is 0.394. The summed E-state index contributed by atoms with van der Waals surface area (Å²) in [7, 11) is -1.75. The van der Waals surface area contributed by atoms with Gasteiger partial charge in [0.25, 0.3) is 0 Å². The highest BCUT2D eigenvalue weighted by Crippen LogP contribution is 2.57. The third-order valence-corrected chi connectivity index (χ3v) is 7.06. The molecule has 5 nitrogen and oxygen atoms in total. The van der Waals surface area contributed by atoms with Crippen LogP contribution in [0.25, 0.3) is 0 Å². The molecule has 30 heavy (non-hydrogen) atoms. The zero-order valence-corrected chi connectivity index (χ0v) is 18.2. The van der Waals surface area contributed by atoms with E-state index in [2.05, 4.69) is 11.4 Å². The third kappa shape index (κ3) is 3.99. The van der Waals surface area contributed by atoms with Gasteiger partial charge in [0.15, 0.2) is 9.84 Å². The van der Waals surface area contributed by atoms with Crippen molar-refractivity contribution in [1.29, 1.82) is 5.26 Å². The Labute approximate surface area is 180 Å². The van der Waals surface area contributed by atoms with Gasteiger partial charge in [-0.3, -0.25) is 0 Å². The Hall–Kier alpha value is -2.30. The van der Waals surface area contributed by atoms with Crippen molar-refractivity contribution in [3.05, 3.63) is 57.9 Å². The highest BCUT2D eigenvalue weighted by atomic mass is 35.5. The van der Waals surface area contributed by atoms with Crippen LogP contribution in [0.15, 0.2) is 30.3 Å². The SMILES string of the molecule is COc1cc(Cl)ccc1C(C1CNc2c(CS(C)(=O)=O)cc(F)cc21)C1CC1C#N. The van der Waals surface area contributed by atoms with E-state index in [1.54, 1.807) is 19.2 Å². The van der Waals surface area contributed by atoms with E-state index in [1.165, 1.54) is 12.1 Å². The first-order valence-electron chi connectivity index (χ1n) is 9.68. The topological polar surface area (TPSA) is 79.2 Å². The number of nitrogens with one attached hydrogen (secondary N) is 1. The molecule has 1 aliphatic carbocycles. The Morgan fingerprint density at radius 2 is 2.13 bits per heavy atom. The first kappa shape index (κ1) is 21.0. The van der Waals surface area contributed by atoms with E-state index in [4.69, 9.17) is 16.3 Å². The van der Waals surface area contributed by atoms with Crippen LogP contribution in [-0.4, -0.2) is 28.3 Å². The molecular formula is C22H22ClFN2O3S. The quantitative estimate of drug-likeness (QED) is 0.704. The van der Waals surface area contributed by atoms with E-state index in [9.17, 15) is 18.1 Å². The number of nitrogens with zero attached hydrogens (tertiary/aromatic N) is 1. The Morgan fingerprint density at radius 1 is 1.37 bits per heavy atom. The van der Waals surface area contributed by atoms with Gasteiger partial charge in [0, 0.05) is 35.3 Å². The minimum atomic E-state index is -3.32. The second kappa shape index (κ2) is 7.75. The van der Waals surface area contributed by atoms with Crippen molar-refractivity contribution in [3.8, 4) is 11.8 Å². The highest BCUT2D eigenvalue weighted by molar-refractivity contribution is 7.89. The van der Waals surface area contributed by atoms with Crippen LogP contribution in [0, 0.1) is 29.0 Å². The van der Waals surface area contributed by atoms with Gasteiger partial charge >= 0.3 is 0 Å². The number of halogens is 2. The summed E-state index contributed by atoms with van der Waals surface area (Å²) in [5, 5.41) is 13.3. The standard InChI is InChI=1S/C22H22ClFN2O3S/c1-29-20-7-14(23)3-4-16(20)21(17-6-12(17)9-25)19-10-26-22-13(11-30(2,27)28)5-15(24)8-18(19)22/h3-5,7-8,12,17,19,21,26H,6,10-11H2,1-2H3. The van der Waals surface area contributed by atoms with Gasteiger partial charge in [0.1, 0.15) is 11.6 Å². The van der Waals surface area contributed by atoms with Gasteiger partial charge in [-0.1, -0.05) is 17.7 Å². The molecule has 1 saturated carbocycles. The van der Waals surface area contributed by atoms with Gasteiger partial charge in [-0.25, -0.2) is 12.8 Å². The molecule has 158 valence electrons. The number of hydrogen-bond acceptors (Lipinski definition) is 5. The minimum Gasteiger partial charge on any atom is -0.496 e. The first-order valence-corrected chi connectivity index (χ1v) is 12.1. The van der Waals surface area contributed by atoms with Crippen molar-refractivity contribution in [1.82, 2.24) is 0 Å². The molecule has 0 spiro atoms. The van der Waals surface area contributed by atoms with Crippen LogP contribution in [-0.2, 0) is 15.6 Å². The summed E-state index contributed by atoms with van der Waals surface area (Å²) in [5.74, 6) is -0.205. The fourth-order valence-corrected chi connectivity index (χ4v) is 5.65. The van der Waals surface area contributed by atoms with Crippen LogP contribution in [0.4, 0.5) is 10.1 Å². The summed E-state index contributed by atoms with van der Waals surface area (Å²) in [5.41, 5.74) is 2.79. The number of methoxy groups -OCH3 is 1. The van der Waals surface area contributed by atoms with Gasteiger partial charge in [-0.2, -0.15) is 5.26 Å². The zero-order chi connectivity index (χ0) is 21.6. The van der Waals surface area contributed by atoms with E-state index in [0.717, 1.165) is 23.8 Å². The lowest BCUT2D eigenvalue weighted by atomic mass is 9.78. The number of sulfone groups is 1. The van der Waals surface area contributed by atoms with E-state index in [-0.39, 0.29) is 29.4 Å². The highest BCUT2D eigenvalue weighted by Gasteiger charge is 2.49. The van der Waals surface area contributed by atoms with Crippen LogP contribution in [0.3, 0.4) is 0 Å². The first-order chi connectivity index (χ1) is 14.2. The molecule has 1 fully saturated rings. The Bertz CT molecular complexity index is 1150. The molecule has 1 aliphatic heterocycles. The van der Waals surface area contributed by atoms with Gasteiger partial charge in [-0.15, -0.1) is 0 Å². The summed E-state index contributed by atoms with van der Waals surface area (Å²) >= 11 is 6.14. The maximum atomic E-state index is 14.5. The molecule has 4 unspecified atom stereocenters. The fourth-order valence-electron chi connectivity index (χ4n) is 4.70. The molecule has 2 aliphatic rings. The zero-order valence-electron chi connectivity index (χ0n) is 16.7. The van der Waals surface area contributed by atoms with Crippen LogP contribution in [0.5, 0.6) is 5.75 Å². The molecule has 0 aromatic heterocycles. The number of hydrogen-bond donors (Lipinski definition) is 1. The fraction of sp³-hybridized carbons (Fsp3) is 0.409. The average molecular weight is 449 g/mol. The number of nitriles is 1. The molecule has 2 aromatic rings. The van der Waals surface area contributed by atoms with Crippen LogP contribution >= 0.6 is 11.6 Å². The molecule has 0 bridgehead atoms. The van der Waals surface area contributed by atoms with Crippen LogP contribution in [0.2, 0.25) is 5.02 Å². The van der Waals surface area contributed by atoms with E-state index in [0.29, 0.717) is 28.6 Å². The normalized spacial score (nSPS) is 23.2. The van der Waals surface area contributed by atoms with Gasteiger partial charge in [0.05, 0.1) is 24.8 Å². The summed E-state index contributed by atoms with van der Waals surface area (Å²) in [6.07, 6.45) is 1.91. The van der Waals surface area contributed by atoms with E-state index < -0.39 is 15.7 Å². The number of benzene rings is 2. The van der Waals surface area contributed by atoms with Gasteiger partial charge < -0.3 is 10.1 Å². The summed E-state index contributed by atoms with van der Waals surface area (Å²) in [6, 6.07) is 10.6. The van der Waals surface area contributed by atoms with Gasteiger partial charge in [-0.05, 0) is 53.3 Å².